The fraction of sp³-hybridized carbons (Fsp3) is 0.438. The first-order chi connectivity index (χ1) is 11.3. The van der Waals surface area contributed by atoms with Crippen LogP contribution in [-0.4, -0.2) is 43.4 Å². The van der Waals surface area contributed by atoms with Crippen molar-refractivity contribution in [3.63, 3.8) is 0 Å². The highest BCUT2D eigenvalue weighted by Gasteiger charge is 2.32. The summed E-state index contributed by atoms with van der Waals surface area (Å²) in [5.74, 6) is -0.818. The van der Waals surface area contributed by atoms with Gasteiger partial charge < -0.3 is 20.5 Å². The van der Waals surface area contributed by atoms with Crippen molar-refractivity contribution in [3.8, 4) is 5.75 Å². The van der Waals surface area contributed by atoms with E-state index in [9.17, 15) is 23.1 Å². The van der Waals surface area contributed by atoms with Crippen LogP contribution in [0, 0.1) is 5.92 Å². The lowest BCUT2D eigenvalue weighted by Crippen LogP contribution is -2.34. The number of rotatable bonds is 6. The summed E-state index contributed by atoms with van der Waals surface area (Å²) in [5.41, 5.74) is -1.13. The zero-order chi connectivity index (χ0) is 17.7. The number of carbonyl (C=O) groups is 1. The second-order valence-corrected chi connectivity index (χ2v) is 5.50. The van der Waals surface area contributed by atoms with Crippen LogP contribution in [0.1, 0.15) is 15.9 Å². The van der Waals surface area contributed by atoms with Gasteiger partial charge in [-0.2, -0.15) is 13.2 Å². The first-order valence-corrected chi connectivity index (χ1v) is 7.45. The van der Waals surface area contributed by atoms with Crippen LogP contribution in [0.25, 0.3) is 0 Å². The Morgan fingerprint density at radius 3 is 2.79 bits per heavy atom. The van der Waals surface area contributed by atoms with Gasteiger partial charge in [-0.05, 0) is 18.2 Å². The molecular weight excluding hydrogens is 325 g/mol. The van der Waals surface area contributed by atoms with E-state index in [-0.39, 0.29) is 30.4 Å². The van der Waals surface area contributed by atoms with Gasteiger partial charge in [-0.15, -0.1) is 0 Å². The summed E-state index contributed by atoms with van der Waals surface area (Å²) in [6.45, 7) is 4.65. The van der Waals surface area contributed by atoms with E-state index in [0.29, 0.717) is 13.1 Å². The molecule has 8 heteroatoms. The molecule has 0 spiro atoms. The Hall–Kier alpha value is -2.06. The molecule has 1 saturated heterocycles. The molecule has 0 bridgehead atoms. The van der Waals surface area contributed by atoms with Gasteiger partial charge in [0.05, 0.1) is 17.2 Å². The fourth-order valence-electron chi connectivity index (χ4n) is 2.40. The molecule has 1 aromatic rings. The number of amides is 1. The molecule has 1 fully saturated rings. The maximum absolute atomic E-state index is 12.9. The van der Waals surface area contributed by atoms with Crippen molar-refractivity contribution in [2.45, 2.75) is 12.3 Å². The quantitative estimate of drug-likeness (QED) is 0.686. The van der Waals surface area contributed by atoms with Crippen LogP contribution in [-0.2, 0) is 6.18 Å². The molecule has 2 unspecified atom stereocenters. The van der Waals surface area contributed by atoms with E-state index in [1.807, 2.05) is 0 Å². The van der Waals surface area contributed by atoms with Crippen molar-refractivity contribution in [1.82, 2.24) is 10.6 Å². The zero-order valence-corrected chi connectivity index (χ0v) is 12.9. The lowest BCUT2D eigenvalue weighted by atomic mass is 10.1. The third-order valence-corrected chi connectivity index (χ3v) is 3.74. The van der Waals surface area contributed by atoms with Crippen LogP contribution in [0.5, 0.6) is 5.75 Å². The Morgan fingerprint density at radius 1 is 1.46 bits per heavy atom. The fourth-order valence-corrected chi connectivity index (χ4v) is 2.40. The summed E-state index contributed by atoms with van der Waals surface area (Å²) in [6.07, 6.45) is -3.72. The average Bonchev–Trinajstić information content (AvgIpc) is 2.94. The number of β-amino-alcohol motifs (C(OH)–C–C–N with tert-alkyl or cyclic N) is 1. The minimum Gasteiger partial charge on any atom is -0.489 e. The van der Waals surface area contributed by atoms with E-state index in [1.54, 1.807) is 0 Å². The summed E-state index contributed by atoms with van der Waals surface area (Å²) in [7, 11) is 0. The van der Waals surface area contributed by atoms with Gasteiger partial charge in [0.2, 0.25) is 0 Å². The third-order valence-electron chi connectivity index (χ3n) is 3.74. The molecule has 2 rings (SSSR count). The topological polar surface area (TPSA) is 70.6 Å². The molecule has 3 N–H and O–H groups in total. The number of benzene rings is 1. The Labute approximate surface area is 137 Å². The maximum atomic E-state index is 12.9. The van der Waals surface area contributed by atoms with Crippen LogP contribution < -0.4 is 15.4 Å². The third kappa shape index (κ3) is 4.48. The number of alkyl halides is 3. The molecule has 0 aliphatic carbocycles. The predicted octanol–water partition coefficient (Wildman–Crippen LogP) is 1.58. The second-order valence-electron chi connectivity index (χ2n) is 5.50. The van der Waals surface area contributed by atoms with Crippen molar-refractivity contribution in [2.24, 2.45) is 5.92 Å². The molecule has 0 aromatic heterocycles. The van der Waals surface area contributed by atoms with Gasteiger partial charge >= 0.3 is 6.18 Å². The molecule has 5 nitrogen and oxygen atoms in total. The average molecular weight is 344 g/mol. The normalized spacial score (nSPS) is 20.7. The van der Waals surface area contributed by atoms with E-state index in [1.165, 1.54) is 6.08 Å². The second kappa shape index (κ2) is 7.67. The summed E-state index contributed by atoms with van der Waals surface area (Å²) < 4.78 is 43.9. The molecule has 0 saturated carbocycles. The minimum atomic E-state index is -4.56. The number of nitrogens with one attached hydrogen (secondary N) is 2. The van der Waals surface area contributed by atoms with Crippen molar-refractivity contribution in [3.05, 3.63) is 42.0 Å². The molecule has 132 valence electrons. The number of hydrogen-bond donors (Lipinski definition) is 3. The monoisotopic (exact) mass is 344 g/mol. The SMILES string of the molecule is C=CCOc1ccc(C(F)(F)F)cc1C(=O)NCC1CNCC1O. The standard InChI is InChI=1S/C16H19F3N2O3/c1-2-5-24-14-4-3-11(16(17,18)19)6-12(14)15(23)21-8-10-7-20-9-13(10)22/h2-4,6,10,13,20,22H,1,5,7-9H2,(H,21,23). The largest absolute Gasteiger partial charge is 0.489 e. The van der Waals surface area contributed by atoms with Gasteiger partial charge in [0.15, 0.2) is 0 Å². The molecule has 2 atom stereocenters. The summed E-state index contributed by atoms with van der Waals surface area (Å²) in [4.78, 5) is 12.3. The molecule has 1 aliphatic heterocycles. The number of aliphatic hydroxyl groups excluding tert-OH is 1. The van der Waals surface area contributed by atoms with Gasteiger partial charge in [0, 0.05) is 25.6 Å². The zero-order valence-electron chi connectivity index (χ0n) is 12.9. The van der Waals surface area contributed by atoms with Crippen molar-refractivity contribution in [1.29, 1.82) is 0 Å². The van der Waals surface area contributed by atoms with Gasteiger partial charge in [-0.25, -0.2) is 0 Å². The molecule has 1 amide bonds. The van der Waals surface area contributed by atoms with Crippen LogP contribution in [0.3, 0.4) is 0 Å². The molecule has 0 radical (unpaired) electrons. The van der Waals surface area contributed by atoms with Crippen LogP contribution >= 0.6 is 0 Å². The van der Waals surface area contributed by atoms with Gasteiger partial charge in [-0.3, -0.25) is 4.79 Å². The number of ether oxygens (including phenoxy) is 1. The minimum absolute atomic E-state index is 0.0468. The summed E-state index contributed by atoms with van der Waals surface area (Å²) in [6, 6.07) is 2.74. The Morgan fingerprint density at radius 2 is 2.21 bits per heavy atom. The highest BCUT2D eigenvalue weighted by Crippen LogP contribution is 2.32. The lowest BCUT2D eigenvalue weighted by molar-refractivity contribution is -0.137. The summed E-state index contributed by atoms with van der Waals surface area (Å²) >= 11 is 0. The number of carbonyl (C=O) groups excluding carboxylic acids is 1. The predicted molar refractivity (Wildman–Crippen MR) is 81.8 cm³/mol. The summed E-state index contributed by atoms with van der Waals surface area (Å²) in [5, 5.41) is 15.2. The van der Waals surface area contributed by atoms with Crippen LogP contribution in [0.2, 0.25) is 0 Å². The van der Waals surface area contributed by atoms with E-state index >= 15 is 0 Å². The van der Waals surface area contributed by atoms with Crippen molar-refractivity contribution < 1.29 is 27.8 Å². The first-order valence-electron chi connectivity index (χ1n) is 7.45. The molecule has 1 aliphatic rings. The number of aliphatic hydroxyl groups is 1. The van der Waals surface area contributed by atoms with Crippen LogP contribution in [0.15, 0.2) is 30.9 Å². The molecule has 24 heavy (non-hydrogen) atoms. The van der Waals surface area contributed by atoms with Gasteiger partial charge in [-0.1, -0.05) is 12.7 Å². The molecular formula is C16H19F3N2O3. The number of halogens is 3. The van der Waals surface area contributed by atoms with Crippen LogP contribution in [0.4, 0.5) is 13.2 Å². The highest BCUT2D eigenvalue weighted by molar-refractivity contribution is 5.97. The lowest BCUT2D eigenvalue weighted by Gasteiger charge is -2.16. The van der Waals surface area contributed by atoms with Gasteiger partial charge in [0.1, 0.15) is 12.4 Å². The van der Waals surface area contributed by atoms with E-state index in [4.69, 9.17) is 4.74 Å². The number of hydrogen-bond acceptors (Lipinski definition) is 4. The van der Waals surface area contributed by atoms with Crippen molar-refractivity contribution >= 4 is 5.91 Å². The van der Waals surface area contributed by atoms with E-state index < -0.39 is 23.8 Å². The van der Waals surface area contributed by atoms with Gasteiger partial charge in [0.25, 0.3) is 5.91 Å². The Kier molecular flexibility index (Phi) is 5.84. The maximum Gasteiger partial charge on any atom is 0.416 e. The van der Waals surface area contributed by atoms with Crippen molar-refractivity contribution in [2.75, 3.05) is 26.2 Å². The Balaban J connectivity index is 2.17. The first kappa shape index (κ1) is 18.3. The van der Waals surface area contributed by atoms with E-state index in [2.05, 4.69) is 17.2 Å². The smallest absolute Gasteiger partial charge is 0.416 e. The molecule has 1 heterocycles. The Bertz CT molecular complexity index is 605. The molecule has 1 aromatic carbocycles. The van der Waals surface area contributed by atoms with E-state index in [0.717, 1.165) is 18.2 Å². The highest BCUT2D eigenvalue weighted by atomic mass is 19.4.